The molecule has 11 heteroatoms. The minimum absolute atomic E-state index is 0.0515. The Labute approximate surface area is 181 Å². The van der Waals surface area contributed by atoms with Gasteiger partial charge in [-0.25, -0.2) is 4.79 Å². The van der Waals surface area contributed by atoms with Crippen molar-refractivity contribution in [3.8, 4) is 5.75 Å². The molecule has 0 spiro atoms. The molecule has 0 bridgehead atoms. The summed E-state index contributed by atoms with van der Waals surface area (Å²) in [5.41, 5.74) is -0.562. The molecular weight excluding hydrogens is 433 g/mol. The number of aliphatic hydroxyl groups excluding tert-OH is 1. The van der Waals surface area contributed by atoms with Crippen molar-refractivity contribution in [1.82, 2.24) is 19.1 Å². The fraction of sp³-hybridized carbons (Fsp3) is 0.421. The Bertz CT molecular complexity index is 1200. The first kappa shape index (κ1) is 20.8. The van der Waals surface area contributed by atoms with Gasteiger partial charge in [0.15, 0.2) is 11.2 Å². The van der Waals surface area contributed by atoms with Gasteiger partial charge in [0, 0.05) is 25.2 Å². The normalized spacial score (nSPS) is 15.1. The number of aryl methyl sites for hydroxylation is 1. The van der Waals surface area contributed by atoms with Crippen LogP contribution in [0.2, 0.25) is 10.0 Å². The largest absolute Gasteiger partial charge is 0.489 e. The maximum absolute atomic E-state index is 12.5. The molecule has 0 unspecified atom stereocenters. The van der Waals surface area contributed by atoms with Gasteiger partial charge in [0.05, 0.1) is 11.6 Å². The van der Waals surface area contributed by atoms with E-state index in [1.807, 2.05) is 4.90 Å². The number of aromatic nitrogens is 4. The third-order valence-electron chi connectivity index (χ3n) is 5.09. The summed E-state index contributed by atoms with van der Waals surface area (Å²) in [5, 5.41) is 11.5. The number of hydrogen-bond donors (Lipinski definition) is 2. The van der Waals surface area contributed by atoms with Crippen LogP contribution < -0.4 is 20.9 Å². The molecule has 2 N–H and O–H groups in total. The molecule has 1 saturated heterocycles. The van der Waals surface area contributed by atoms with Crippen LogP contribution >= 0.6 is 23.2 Å². The number of fused-ring (bicyclic) bond motifs is 1. The maximum Gasteiger partial charge on any atom is 0.329 e. The second kappa shape index (κ2) is 8.33. The molecule has 3 aromatic rings. The second-order valence-electron chi connectivity index (χ2n) is 7.25. The molecule has 160 valence electrons. The average molecular weight is 454 g/mol. The number of rotatable bonds is 6. The molecule has 0 amide bonds. The van der Waals surface area contributed by atoms with Crippen LogP contribution in [-0.4, -0.2) is 50.0 Å². The number of H-pyrrole nitrogens is 1. The lowest BCUT2D eigenvalue weighted by Crippen LogP contribution is -2.31. The third-order valence-corrected chi connectivity index (χ3v) is 5.62. The first-order chi connectivity index (χ1) is 14.3. The molecule has 1 aromatic carbocycles. The van der Waals surface area contributed by atoms with Crippen LogP contribution in [0.5, 0.6) is 5.75 Å². The molecule has 9 nitrogen and oxygen atoms in total. The van der Waals surface area contributed by atoms with Crippen molar-refractivity contribution < 1.29 is 9.84 Å². The highest BCUT2D eigenvalue weighted by atomic mass is 35.5. The number of imidazole rings is 1. The van der Waals surface area contributed by atoms with Crippen molar-refractivity contribution >= 4 is 40.3 Å². The summed E-state index contributed by atoms with van der Waals surface area (Å²) >= 11 is 12.0. The molecule has 3 heterocycles. The lowest BCUT2D eigenvalue weighted by Gasteiger charge is -2.20. The van der Waals surface area contributed by atoms with Crippen molar-refractivity contribution in [2.24, 2.45) is 7.05 Å². The van der Waals surface area contributed by atoms with Gasteiger partial charge in [-0.15, -0.1) is 0 Å². The van der Waals surface area contributed by atoms with Crippen molar-refractivity contribution in [1.29, 1.82) is 0 Å². The highest BCUT2D eigenvalue weighted by molar-refractivity contribution is 6.35. The van der Waals surface area contributed by atoms with E-state index in [-0.39, 0.29) is 24.3 Å². The first-order valence-corrected chi connectivity index (χ1v) is 10.3. The number of ether oxygens (including phenoxy) is 1. The predicted molar refractivity (Wildman–Crippen MR) is 115 cm³/mol. The van der Waals surface area contributed by atoms with E-state index in [0.29, 0.717) is 21.7 Å². The molecule has 2 aromatic heterocycles. The van der Waals surface area contributed by atoms with E-state index in [1.165, 1.54) is 4.57 Å². The SMILES string of the molecule is Cn1c(=O)[nH]c(=O)c2c1nc(N1CCCC1)n2C[C@H](O)COc1ccc(Cl)cc1Cl. The van der Waals surface area contributed by atoms with Crippen LogP contribution in [0.25, 0.3) is 11.2 Å². The maximum atomic E-state index is 12.5. The molecule has 0 saturated carbocycles. The van der Waals surface area contributed by atoms with E-state index < -0.39 is 17.4 Å². The zero-order valence-corrected chi connectivity index (χ0v) is 17.8. The summed E-state index contributed by atoms with van der Waals surface area (Å²) in [7, 11) is 1.55. The molecule has 1 fully saturated rings. The number of benzene rings is 1. The van der Waals surface area contributed by atoms with Crippen molar-refractivity contribution in [2.45, 2.75) is 25.5 Å². The Morgan fingerprint density at radius 1 is 1.27 bits per heavy atom. The monoisotopic (exact) mass is 453 g/mol. The van der Waals surface area contributed by atoms with Crippen LogP contribution in [0.1, 0.15) is 12.8 Å². The fourth-order valence-electron chi connectivity index (χ4n) is 3.60. The molecule has 0 aliphatic carbocycles. The van der Waals surface area contributed by atoms with Gasteiger partial charge in [-0.1, -0.05) is 23.2 Å². The second-order valence-corrected chi connectivity index (χ2v) is 8.09. The summed E-state index contributed by atoms with van der Waals surface area (Å²) in [6, 6.07) is 4.82. The predicted octanol–water partition coefficient (Wildman–Crippen LogP) is 1.77. The number of nitrogens with one attached hydrogen (secondary N) is 1. The molecule has 30 heavy (non-hydrogen) atoms. The molecule has 1 aliphatic rings. The summed E-state index contributed by atoms with van der Waals surface area (Å²) in [4.78, 5) is 33.4. The standard InChI is InChI=1S/C19H21Cl2N5O4/c1-24-16-15(17(28)23-19(24)29)26(18(22-16)25-6-2-3-7-25)9-12(27)10-30-14-5-4-11(20)8-13(14)21/h4-5,8,12,27H,2-3,6-7,9-10H2,1H3,(H,23,28,29)/t12-/m0/s1. The minimum Gasteiger partial charge on any atom is -0.489 e. The van der Waals surface area contributed by atoms with E-state index in [0.717, 1.165) is 25.9 Å². The summed E-state index contributed by atoms with van der Waals surface area (Å²) < 4.78 is 8.57. The molecule has 0 radical (unpaired) electrons. The van der Waals surface area contributed by atoms with E-state index >= 15 is 0 Å². The molecular formula is C19H21Cl2N5O4. The third kappa shape index (κ3) is 3.92. The lowest BCUT2D eigenvalue weighted by molar-refractivity contribution is 0.0937. The van der Waals surface area contributed by atoms with E-state index in [2.05, 4.69) is 9.97 Å². The summed E-state index contributed by atoms with van der Waals surface area (Å²) in [6.45, 7) is 1.60. The van der Waals surface area contributed by atoms with Gasteiger partial charge in [0.2, 0.25) is 5.95 Å². The van der Waals surface area contributed by atoms with Gasteiger partial charge in [0.1, 0.15) is 18.5 Å². The van der Waals surface area contributed by atoms with Gasteiger partial charge < -0.3 is 19.3 Å². The van der Waals surface area contributed by atoms with Crippen LogP contribution in [0.15, 0.2) is 27.8 Å². The van der Waals surface area contributed by atoms with Gasteiger partial charge >= 0.3 is 5.69 Å². The molecule has 4 rings (SSSR count). The fourth-order valence-corrected chi connectivity index (χ4v) is 4.06. The number of anilines is 1. The van der Waals surface area contributed by atoms with Crippen LogP contribution in [0, 0.1) is 0 Å². The number of aliphatic hydroxyl groups is 1. The summed E-state index contributed by atoms with van der Waals surface area (Å²) in [6.07, 6.45) is 1.07. The van der Waals surface area contributed by atoms with Crippen LogP contribution in [0.3, 0.4) is 0 Å². The highest BCUT2D eigenvalue weighted by Gasteiger charge is 2.25. The van der Waals surface area contributed by atoms with Crippen LogP contribution in [0.4, 0.5) is 5.95 Å². The van der Waals surface area contributed by atoms with Gasteiger partial charge in [-0.2, -0.15) is 4.98 Å². The topological polar surface area (TPSA) is 105 Å². The van der Waals surface area contributed by atoms with E-state index in [4.69, 9.17) is 27.9 Å². The Hall–Kier alpha value is -2.49. The van der Waals surface area contributed by atoms with Crippen molar-refractivity contribution in [3.63, 3.8) is 0 Å². The number of nitrogens with zero attached hydrogens (tertiary/aromatic N) is 4. The zero-order chi connectivity index (χ0) is 21.4. The smallest absolute Gasteiger partial charge is 0.329 e. The Kier molecular flexibility index (Phi) is 5.77. The quantitative estimate of drug-likeness (QED) is 0.588. The minimum atomic E-state index is -0.952. The highest BCUT2D eigenvalue weighted by Crippen LogP contribution is 2.28. The van der Waals surface area contributed by atoms with Crippen LogP contribution in [-0.2, 0) is 13.6 Å². The van der Waals surface area contributed by atoms with E-state index in [9.17, 15) is 14.7 Å². The van der Waals surface area contributed by atoms with Gasteiger partial charge in [0.25, 0.3) is 5.56 Å². The number of halogens is 2. The van der Waals surface area contributed by atoms with Gasteiger partial charge in [-0.05, 0) is 31.0 Å². The number of aromatic amines is 1. The van der Waals surface area contributed by atoms with Crippen molar-refractivity contribution in [3.05, 3.63) is 49.1 Å². The zero-order valence-electron chi connectivity index (χ0n) is 16.3. The lowest BCUT2D eigenvalue weighted by atomic mass is 10.3. The molecule has 1 atom stereocenters. The number of hydrogen-bond acceptors (Lipinski definition) is 6. The Morgan fingerprint density at radius 3 is 2.70 bits per heavy atom. The molecule has 1 aliphatic heterocycles. The Balaban J connectivity index is 1.65. The van der Waals surface area contributed by atoms with E-state index in [1.54, 1.807) is 29.8 Å². The van der Waals surface area contributed by atoms with Crippen molar-refractivity contribution in [2.75, 3.05) is 24.6 Å². The Morgan fingerprint density at radius 2 is 2.00 bits per heavy atom. The van der Waals surface area contributed by atoms with Gasteiger partial charge in [-0.3, -0.25) is 14.3 Å². The first-order valence-electron chi connectivity index (χ1n) is 9.55. The average Bonchev–Trinajstić information content (AvgIpc) is 3.34. The summed E-state index contributed by atoms with van der Waals surface area (Å²) in [5.74, 6) is 0.952.